The molecule has 3 heterocycles. The lowest BCUT2D eigenvalue weighted by Gasteiger charge is -2.19. The Bertz CT molecular complexity index is 962. The summed E-state index contributed by atoms with van der Waals surface area (Å²) < 4.78 is 1.96. The minimum absolute atomic E-state index is 0.209. The molecule has 1 amide bonds. The lowest BCUT2D eigenvalue weighted by atomic mass is 10.1. The van der Waals surface area contributed by atoms with Crippen LogP contribution >= 0.6 is 11.6 Å². The molecule has 1 aromatic carbocycles. The van der Waals surface area contributed by atoms with E-state index in [9.17, 15) is 9.90 Å². The van der Waals surface area contributed by atoms with Crippen LogP contribution in [0.3, 0.4) is 0 Å². The number of carbonyl (C=O) groups excluding carboxylic acids is 1. The molecular formula is C22H26ClN5O2. The van der Waals surface area contributed by atoms with Crippen LogP contribution in [-0.2, 0) is 0 Å². The number of hydrogen-bond acceptors (Lipinski definition) is 5. The predicted octanol–water partition coefficient (Wildman–Crippen LogP) is 2.20. The van der Waals surface area contributed by atoms with Gasteiger partial charge >= 0.3 is 0 Å². The number of amidine groups is 1. The maximum Gasteiger partial charge on any atom is 0.253 e. The summed E-state index contributed by atoms with van der Waals surface area (Å²) in [5, 5.41) is 20.0. The van der Waals surface area contributed by atoms with Gasteiger partial charge in [-0.15, -0.1) is 0 Å². The largest absolute Gasteiger partial charge is 0.394 e. The number of hydrogen-bond donors (Lipinski definition) is 4. The van der Waals surface area contributed by atoms with Crippen LogP contribution in [-0.4, -0.2) is 53.7 Å². The smallest absolute Gasteiger partial charge is 0.253 e. The first-order valence-corrected chi connectivity index (χ1v) is 10.6. The molecule has 1 fully saturated rings. The SMILES string of the molecule is O=C(NC(CO)c1cccc(Cl)c1)c1ccn(C2=CC(NC3CCNC3)=NCC2)c1. The number of aromatic nitrogens is 1. The highest BCUT2D eigenvalue weighted by atomic mass is 35.5. The van der Waals surface area contributed by atoms with E-state index in [1.807, 2.05) is 29.1 Å². The van der Waals surface area contributed by atoms with Gasteiger partial charge in [0.25, 0.3) is 5.91 Å². The van der Waals surface area contributed by atoms with Gasteiger partial charge in [-0.05, 0) is 42.8 Å². The highest BCUT2D eigenvalue weighted by Gasteiger charge is 2.19. The lowest BCUT2D eigenvalue weighted by molar-refractivity contribution is 0.0916. The molecule has 30 heavy (non-hydrogen) atoms. The van der Waals surface area contributed by atoms with Crippen LogP contribution in [0.15, 0.2) is 53.8 Å². The zero-order valence-electron chi connectivity index (χ0n) is 16.6. The Morgan fingerprint density at radius 2 is 2.30 bits per heavy atom. The maximum absolute atomic E-state index is 12.7. The number of dihydropyridines is 1. The first-order valence-electron chi connectivity index (χ1n) is 10.2. The average molecular weight is 428 g/mol. The Balaban J connectivity index is 1.43. The molecule has 2 atom stereocenters. The number of aliphatic hydroxyl groups excluding tert-OH is 1. The van der Waals surface area contributed by atoms with E-state index in [-0.39, 0.29) is 12.5 Å². The molecule has 4 N–H and O–H groups in total. The van der Waals surface area contributed by atoms with E-state index in [1.54, 1.807) is 24.3 Å². The van der Waals surface area contributed by atoms with E-state index in [0.29, 0.717) is 16.6 Å². The summed E-state index contributed by atoms with van der Waals surface area (Å²) in [6.45, 7) is 2.49. The molecule has 0 saturated carbocycles. The fourth-order valence-corrected chi connectivity index (χ4v) is 3.95. The van der Waals surface area contributed by atoms with Gasteiger partial charge in [-0.1, -0.05) is 23.7 Å². The minimum atomic E-state index is -0.517. The molecule has 2 aromatic rings. The molecule has 1 saturated heterocycles. The monoisotopic (exact) mass is 427 g/mol. The molecule has 7 nitrogen and oxygen atoms in total. The molecule has 0 bridgehead atoms. The van der Waals surface area contributed by atoms with Crippen LogP contribution < -0.4 is 16.0 Å². The number of nitrogens with zero attached hydrogens (tertiary/aromatic N) is 2. The highest BCUT2D eigenvalue weighted by molar-refractivity contribution is 6.30. The summed E-state index contributed by atoms with van der Waals surface area (Å²) in [7, 11) is 0. The van der Waals surface area contributed by atoms with Gasteiger partial charge < -0.3 is 25.6 Å². The van der Waals surface area contributed by atoms with E-state index in [1.165, 1.54) is 0 Å². The van der Waals surface area contributed by atoms with Crippen molar-refractivity contribution < 1.29 is 9.90 Å². The van der Waals surface area contributed by atoms with Crippen molar-refractivity contribution in [3.05, 3.63) is 65.0 Å². The van der Waals surface area contributed by atoms with Crippen molar-refractivity contribution >= 4 is 29.0 Å². The van der Waals surface area contributed by atoms with E-state index in [0.717, 1.165) is 49.6 Å². The Morgan fingerprint density at radius 3 is 3.07 bits per heavy atom. The number of amides is 1. The summed E-state index contributed by atoms with van der Waals surface area (Å²) in [5.41, 5.74) is 2.39. The molecular weight excluding hydrogens is 402 g/mol. The molecule has 158 valence electrons. The van der Waals surface area contributed by atoms with Gasteiger partial charge in [0.1, 0.15) is 5.84 Å². The number of aliphatic hydroxyl groups is 1. The van der Waals surface area contributed by atoms with Gasteiger partial charge in [-0.3, -0.25) is 9.79 Å². The molecule has 1 aromatic heterocycles. The van der Waals surface area contributed by atoms with E-state index in [2.05, 4.69) is 20.9 Å². The van der Waals surface area contributed by atoms with E-state index in [4.69, 9.17) is 11.6 Å². The van der Waals surface area contributed by atoms with Crippen LogP contribution in [0.4, 0.5) is 0 Å². The van der Waals surface area contributed by atoms with Crippen molar-refractivity contribution in [2.24, 2.45) is 4.99 Å². The van der Waals surface area contributed by atoms with Crippen molar-refractivity contribution in [1.29, 1.82) is 0 Å². The number of halogens is 1. The van der Waals surface area contributed by atoms with Gasteiger partial charge in [0.15, 0.2) is 0 Å². The Kier molecular flexibility index (Phi) is 6.52. The summed E-state index contributed by atoms with van der Waals surface area (Å²) in [6.07, 6.45) is 7.65. The summed E-state index contributed by atoms with van der Waals surface area (Å²) >= 11 is 6.03. The molecule has 2 aliphatic rings. The quantitative estimate of drug-likeness (QED) is 0.569. The topological polar surface area (TPSA) is 90.7 Å². The number of rotatable bonds is 6. The third-order valence-electron chi connectivity index (χ3n) is 5.39. The highest BCUT2D eigenvalue weighted by Crippen LogP contribution is 2.20. The lowest BCUT2D eigenvalue weighted by Crippen LogP contribution is -2.36. The number of carbonyl (C=O) groups is 1. The van der Waals surface area contributed by atoms with Gasteiger partial charge in [-0.25, -0.2) is 0 Å². The molecule has 8 heteroatoms. The fraction of sp³-hybridized carbons (Fsp3) is 0.364. The molecule has 0 aliphatic carbocycles. The molecule has 0 radical (unpaired) electrons. The van der Waals surface area contributed by atoms with Crippen molar-refractivity contribution in [3.63, 3.8) is 0 Å². The third kappa shape index (κ3) is 4.92. The Hall–Kier alpha value is -2.61. The Labute approximate surface area is 180 Å². The third-order valence-corrected chi connectivity index (χ3v) is 5.63. The van der Waals surface area contributed by atoms with Crippen molar-refractivity contribution in [2.75, 3.05) is 26.2 Å². The fourth-order valence-electron chi connectivity index (χ4n) is 3.75. The maximum atomic E-state index is 12.7. The summed E-state index contributed by atoms with van der Waals surface area (Å²) in [4.78, 5) is 17.3. The normalized spacial score (nSPS) is 19.7. The molecule has 0 spiro atoms. The van der Waals surface area contributed by atoms with Crippen molar-refractivity contribution in [2.45, 2.75) is 24.9 Å². The Morgan fingerprint density at radius 1 is 1.40 bits per heavy atom. The van der Waals surface area contributed by atoms with Crippen LogP contribution in [0.2, 0.25) is 5.02 Å². The average Bonchev–Trinajstić information content (AvgIpc) is 3.44. The second kappa shape index (κ2) is 9.47. The summed E-state index contributed by atoms with van der Waals surface area (Å²) in [5.74, 6) is 0.652. The van der Waals surface area contributed by atoms with Crippen molar-refractivity contribution in [1.82, 2.24) is 20.5 Å². The second-order valence-electron chi connectivity index (χ2n) is 7.56. The number of benzene rings is 1. The van der Waals surface area contributed by atoms with E-state index >= 15 is 0 Å². The van der Waals surface area contributed by atoms with Crippen LogP contribution in [0.25, 0.3) is 5.70 Å². The van der Waals surface area contributed by atoms with Gasteiger partial charge in [0, 0.05) is 48.7 Å². The zero-order chi connectivity index (χ0) is 20.9. The first-order chi connectivity index (χ1) is 14.6. The van der Waals surface area contributed by atoms with Crippen LogP contribution in [0.5, 0.6) is 0 Å². The predicted molar refractivity (Wildman–Crippen MR) is 119 cm³/mol. The van der Waals surface area contributed by atoms with Crippen LogP contribution in [0, 0.1) is 0 Å². The first kappa shape index (κ1) is 20.7. The number of nitrogens with one attached hydrogen (secondary N) is 3. The van der Waals surface area contributed by atoms with Crippen LogP contribution in [0.1, 0.15) is 34.8 Å². The van der Waals surface area contributed by atoms with E-state index < -0.39 is 6.04 Å². The molecule has 4 rings (SSSR count). The number of aliphatic imine (C=N–C) groups is 1. The second-order valence-corrected chi connectivity index (χ2v) is 7.99. The molecule has 2 aliphatic heterocycles. The zero-order valence-corrected chi connectivity index (χ0v) is 17.4. The van der Waals surface area contributed by atoms with Gasteiger partial charge in [-0.2, -0.15) is 0 Å². The van der Waals surface area contributed by atoms with Gasteiger partial charge in [0.2, 0.25) is 0 Å². The van der Waals surface area contributed by atoms with Gasteiger partial charge in [0.05, 0.1) is 18.2 Å². The minimum Gasteiger partial charge on any atom is -0.394 e. The van der Waals surface area contributed by atoms with Crippen molar-refractivity contribution in [3.8, 4) is 0 Å². The molecule has 2 unspecified atom stereocenters. The summed E-state index contributed by atoms with van der Waals surface area (Å²) in [6, 6.07) is 8.81. The standard InChI is InChI=1S/C22H26ClN5O2/c23-17-3-1-2-15(10-17)20(14-29)27-22(30)16-6-9-28(13-16)19-5-8-25-21(11-19)26-18-4-7-24-12-18/h1-3,6,9-11,13,18,20,24,29H,4-5,7-8,12,14H2,(H,25,26)(H,27,30).